The largest absolute Gasteiger partial charge is 0.477 e. The van der Waals surface area contributed by atoms with E-state index >= 15 is 4.39 Å². The van der Waals surface area contributed by atoms with E-state index in [0.29, 0.717) is 30.8 Å². The van der Waals surface area contributed by atoms with Crippen molar-refractivity contribution in [3.63, 3.8) is 0 Å². The van der Waals surface area contributed by atoms with Gasteiger partial charge in [0.25, 0.3) is 0 Å². The van der Waals surface area contributed by atoms with Gasteiger partial charge in [0.05, 0.1) is 17.2 Å². The average Bonchev–Trinajstić information content (AvgIpc) is 3.48. The Labute approximate surface area is 178 Å². The number of carbonyl (C=O) groups is 2. The second-order valence-corrected chi connectivity index (χ2v) is 9.12. The summed E-state index contributed by atoms with van der Waals surface area (Å²) < 4.78 is 16.9. The van der Waals surface area contributed by atoms with Crippen LogP contribution < -0.4 is 21.4 Å². The summed E-state index contributed by atoms with van der Waals surface area (Å²) >= 11 is 0. The first-order valence-corrected chi connectivity index (χ1v) is 10.5. The van der Waals surface area contributed by atoms with E-state index in [2.05, 4.69) is 5.32 Å². The lowest BCUT2D eigenvalue weighted by Crippen LogP contribution is -2.44. The molecule has 1 amide bonds. The standard InChI is InChI=1S/C22H27FN4O4/c1-12(24)20(29)25-10-22(2)5-6-26(11-22)18-8-17-14(7-16(18)23)19(28)15(21(30)31)9-27(17)13-3-4-13/h7-9,12-13H,3-6,10-11,24H2,1-2H3,(H,25,29)(H,30,31)/t12-,22-/m0/s1. The lowest BCUT2D eigenvalue weighted by atomic mass is 9.89. The van der Waals surface area contributed by atoms with Crippen molar-refractivity contribution >= 4 is 28.5 Å². The number of nitrogens with zero attached hydrogens (tertiary/aromatic N) is 2. The third-order valence-corrected chi connectivity index (χ3v) is 6.27. The maximum atomic E-state index is 15.1. The number of rotatable bonds is 6. The van der Waals surface area contributed by atoms with E-state index in [-0.39, 0.29) is 28.3 Å². The van der Waals surface area contributed by atoms with Crippen molar-refractivity contribution in [2.75, 3.05) is 24.5 Å². The number of hydrogen-bond acceptors (Lipinski definition) is 5. The zero-order chi connectivity index (χ0) is 22.5. The molecule has 2 heterocycles. The van der Waals surface area contributed by atoms with Gasteiger partial charge in [0, 0.05) is 42.7 Å². The van der Waals surface area contributed by atoms with Gasteiger partial charge in [-0.2, -0.15) is 0 Å². The van der Waals surface area contributed by atoms with Gasteiger partial charge in [0.1, 0.15) is 11.4 Å². The molecule has 2 atom stereocenters. The fourth-order valence-electron chi connectivity index (χ4n) is 4.24. The molecule has 1 aliphatic heterocycles. The first-order chi connectivity index (χ1) is 14.6. The molecule has 1 aromatic carbocycles. The van der Waals surface area contributed by atoms with E-state index in [0.717, 1.165) is 25.3 Å². The maximum absolute atomic E-state index is 15.1. The van der Waals surface area contributed by atoms with Gasteiger partial charge in [-0.1, -0.05) is 6.92 Å². The van der Waals surface area contributed by atoms with Gasteiger partial charge in [-0.05, 0) is 38.3 Å². The zero-order valence-electron chi connectivity index (χ0n) is 17.7. The number of nitrogens with one attached hydrogen (secondary N) is 1. The Balaban J connectivity index is 1.68. The molecular weight excluding hydrogens is 403 g/mol. The number of carboxylic acid groups (broad SMARTS) is 1. The molecule has 31 heavy (non-hydrogen) atoms. The molecular formula is C22H27FN4O4. The summed E-state index contributed by atoms with van der Waals surface area (Å²) in [7, 11) is 0. The molecule has 1 saturated heterocycles. The van der Waals surface area contributed by atoms with Crippen molar-refractivity contribution < 1.29 is 19.1 Å². The summed E-state index contributed by atoms with van der Waals surface area (Å²) in [5.74, 6) is -2.09. The number of nitrogens with two attached hydrogens (primary N) is 1. The highest BCUT2D eigenvalue weighted by Crippen LogP contribution is 2.39. The van der Waals surface area contributed by atoms with Crippen molar-refractivity contribution in [1.29, 1.82) is 0 Å². The number of aromatic nitrogens is 1. The number of hydrogen-bond donors (Lipinski definition) is 3. The van der Waals surface area contributed by atoms with Gasteiger partial charge in [0.15, 0.2) is 0 Å². The molecule has 0 spiro atoms. The molecule has 1 aromatic heterocycles. The van der Waals surface area contributed by atoms with E-state index in [4.69, 9.17) is 5.73 Å². The number of halogens is 1. The second kappa shape index (κ2) is 7.64. The topological polar surface area (TPSA) is 118 Å². The van der Waals surface area contributed by atoms with Crippen LogP contribution in [-0.2, 0) is 4.79 Å². The highest BCUT2D eigenvalue weighted by atomic mass is 19.1. The van der Waals surface area contributed by atoms with Crippen molar-refractivity contribution in [3.8, 4) is 0 Å². The number of pyridine rings is 1. The van der Waals surface area contributed by atoms with Crippen LogP contribution in [0, 0.1) is 11.2 Å². The first kappa shape index (κ1) is 21.3. The fourth-order valence-corrected chi connectivity index (χ4v) is 4.24. The number of anilines is 1. The quantitative estimate of drug-likeness (QED) is 0.644. The minimum Gasteiger partial charge on any atom is -0.477 e. The second-order valence-electron chi connectivity index (χ2n) is 9.12. The van der Waals surface area contributed by atoms with E-state index < -0.39 is 23.3 Å². The number of carbonyl (C=O) groups excluding carboxylic acids is 1. The van der Waals surface area contributed by atoms with Crippen molar-refractivity contribution in [2.45, 2.75) is 45.2 Å². The van der Waals surface area contributed by atoms with Crippen LogP contribution in [0.2, 0.25) is 0 Å². The van der Waals surface area contributed by atoms with Crippen LogP contribution >= 0.6 is 0 Å². The van der Waals surface area contributed by atoms with Crippen LogP contribution in [0.25, 0.3) is 10.9 Å². The molecule has 0 unspecified atom stereocenters. The monoisotopic (exact) mass is 430 g/mol. The molecule has 2 fully saturated rings. The fraction of sp³-hybridized carbons (Fsp3) is 0.500. The predicted molar refractivity (Wildman–Crippen MR) is 115 cm³/mol. The minimum atomic E-state index is -1.31. The molecule has 2 aromatic rings. The molecule has 4 rings (SSSR count). The van der Waals surface area contributed by atoms with Crippen molar-refractivity contribution in [3.05, 3.63) is 39.9 Å². The number of amides is 1. The number of aromatic carboxylic acids is 1. The van der Waals surface area contributed by atoms with Crippen LogP contribution in [0.3, 0.4) is 0 Å². The van der Waals surface area contributed by atoms with Crippen molar-refractivity contribution in [1.82, 2.24) is 9.88 Å². The molecule has 4 N–H and O–H groups in total. The average molecular weight is 430 g/mol. The molecule has 8 nitrogen and oxygen atoms in total. The minimum absolute atomic E-state index is 0.0826. The third-order valence-electron chi connectivity index (χ3n) is 6.27. The van der Waals surface area contributed by atoms with Gasteiger partial charge in [-0.3, -0.25) is 9.59 Å². The molecule has 1 saturated carbocycles. The van der Waals surface area contributed by atoms with Gasteiger partial charge in [-0.25, -0.2) is 9.18 Å². The van der Waals surface area contributed by atoms with Gasteiger partial charge in [0.2, 0.25) is 11.3 Å². The smallest absolute Gasteiger partial charge is 0.341 e. The normalized spacial score (nSPS) is 22.0. The van der Waals surface area contributed by atoms with Crippen LogP contribution in [0.15, 0.2) is 23.1 Å². The van der Waals surface area contributed by atoms with Gasteiger partial charge >= 0.3 is 5.97 Å². The zero-order valence-corrected chi connectivity index (χ0v) is 17.7. The van der Waals surface area contributed by atoms with Gasteiger partial charge < -0.3 is 25.6 Å². The summed E-state index contributed by atoms with van der Waals surface area (Å²) in [5.41, 5.74) is 5.28. The summed E-state index contributed by atoms with van der Waals surface area (Å²) in [6.45, 7) is 5.24. The third kappa shape index (κ3) is 4.01. The Morgan fingerprint density at radius 1 is 1.39 bits per heavy atom. The molecule has 2 aliphatic rings. The Bertz CT molecular complexity index is 1120. The first-order valence-electron chi connectivity index (χ1n) is 10.5. The Morgan fingerprint density at radius 2 is 2.10 bits per heavy atom. The van der Waals surface area contributed by atoms with Crippen LogP contribution in [0.1, 0.15) is 49.5 Å². The Hall–Kier alpha value is -2.94. The number of fused-ring (bicyclic) bond motifs is 1. The van der Waals surface area contributed by atoms with Crippen LogP contribution in [0.4, 0.5) is 10.1 Å². The molecule has 166 valence electrons. The predicted octanol–water partition coefficient (Wildman–Crippen LogP) is 1.85. The molecule has 0 bridgehead atoms. The summed E-state index contributed by atoms with van der Waals surface area (Å²) in [6, 6.07) is 2.35. The summed E-state index contributed by atoms with van der Waals surface area (Å²) in [5, 5.41) is 12.3. The number of carboxylic acids is 1. The Morgan fingerprint density at radius 3 is 2.71 bits per heavy atom. The molecule has 0 radical (unpaired) electrons. The van der Waals surface area contributed by atoms with E-state index in [9.17, 15) is 19.5 Å². The van der Waals surface area contributed by atoms with Crippen molar-refractivity contribution in [2.24, 2.45) is 11.1 Å². The van der Waals surface area contributed by atoms with E-state index in [1.165, 1.54) is 6.20 Å². The van der Waals surface area contributed by atoms with Crippen LogP contribution in [-0.4, -0.2) is 47.2 Å². The Kier molecular flexibility index (Phi) is 5.25. The highest BCUT2D eigenvalue weighted by molar-refractivity contribution is 5.93. The number of benzene rings is 1. The maximum Gasteiger partial charge on any atom is 0.341 e. The lowest BCUT2D eigenvalue weighted by molar-refractivity contribution is -0.122. The highest BCUT2D eigenvalue weighted by Gasteiger charge is 2.36. The molecule has 1 aliphatic carbocycles. The molecule has 9 heteroatoms. The SMILES string of the molecule is C[C@H](N)C(=O)NC[C@]1(C)CCN(c2cc3c(cc2F)c(=O)c(C(=O)O)cn3C2CC2)C1. The van der Waals surface area contributed by atoms with E-state index in [1.54, 1.807) is 17.6 Å². The summed E-state index contributed by atoms with van der Waals surface area (Å²) in [4.78, 5) is 37.9. The summed E-state index contributed by atoms with van der Waals surface area (Å²) in [6.07, 6.45) is 3.93. The van der Waals surface area contributed by atoms with Gasteiger partial charge in [-0.15, -0.1) is 0 Å². The van der Waals surface area contributed by atoms with Crippen LogP contribution in [0.5, 0.6) is 0 Å². The lowest BCUT2D eigenvalue weighted by Gasteiger charge is -2.27. The van der Waals surface area contributed by atoms with E-state index in [1.807, 2.05) is 11.8 Å².